The molecule has 0 radical (unpaired) electrons. The van der Waals surface area contributed by atoms with Crippen LogP contribution in [0, 0.1) is 0 Å². The highest BCUT2D eigenvalue weighted by atomic mass is 32.2. The van der Waals surface area contributed by atoms with Gasteiger partial charge in [-0.3, -0.25) is 9.00 Å². The third kappa shape index (κ3) is 4.87. The summed E-state index contributed by atoms with van der Waals surface area (Å²) in [6.45, 7) is 2.46. The number of carbonyl (C=O) groups excluding carboxylic acids is 1. The number of nitrogen functional groups attached to an aromatic ring is 1. The van der Waals surface area contributed by atoms with E-state index in [9.17, 15) is 9.00 Å². The molecule has 1 amide bonds. The SMILES string of the molecule is CC(CCNC(=O)Cc1ccccc1N)S(C)=O. The Balaban J connectivity index is 2.35. The van der Waals surface area contributed by atoms with Crippen molar-refractivity contribution >= 4 is 22.4 Å². The first kappa shape index (κ1) is 14.7. The molecule has 0 saturated heterocycles. The lowest BCUT2D eigenvalue weighted by Gasteiger charge is -2.10. The van der Waals surface area contributed by atoms with Gasteiger partial charge in [0.2, 0.25) is 5.91 Å². The lowest BCUT2D eigenvalue weighted by atomic mass is 10.1. The van der Waals surface area contributed by atoms with Crippen LogP contribution >= 0.6 is 0 Å². The van der Waals surface area contributed by atoms with E-state index in [1.54, 1.807) is 12.3 Å². The van der Waals surface area contributed by atoms with Gasteiger partial charge in [-0.25, -0.2) is 0 Å². The van der Waals surface area contributed by atoms with Crippen molar-refractivity contribution < 1.29 is 9.00 Å². The van der Waals surface area contributed by atoms with Crippen molar-refractivity contribution in [1.29, 1.82) is 0 Å². The first-order valence-electron chi connectivity index (χ1n) is 5.93. The van der Waals surface area contributed by atoms with E-state index < -0.39 is 10.8 Å². The lowest BCUT2D eigenvalue weighted by molar-refractivity contribution is -0.120. The molecule has 0 aliphatic carbocycles. The third-order valence-corrected chi connectivity index (χ3v) is 4.21. The molecule has 5 heteroatoms. The smallest absolute Gasteiger partial charge is 0.224 e. The molecule has 0 bridgehead atoms. The van der Waals surface area contributed by atoms with Crippen LogP contribution in [0.2, 0.25) is 0 Å². The van der Waals surface area contributed by atoms with Crippen molar-refractivity contribution in [2.45, 2.75) is 25.0 Å². The summed E-state index contributed by atoms with van der Waals surface area (Å²) in [6.07, 6.45) is 2.69. The highest BCUT2D eigenvalue weighted by Gasteiger charge is 2.08. The van der Waals surface area contributed by atoms with Crippen LogP contribution < -0.4 is 11.1 Å². The van der Waals surface area contributed by atoms with Crippen molar-refractivity contribution in [2.24, 2.45) is 0 Å². The highest BCUT2D eigenvalue weighted by Crippen LogP contribution is 2.10. The molecule has 100 valence electrons. The van der Waals surface area contributed by atoms with Gasteiger partial charge in [0.1, 0.15) is 0 Å². The second-order valence-corrected chi connectivity index (χ2v) is 6.13. The van der Waals surface area contributed by atoms with E-state index in [1.165, 1.54) is 0 Å². The molecule has 0 aliphatic rings. The number of hydrogen-bond acceptors (Lipinski definition) is 3. The van der Waals surface area contributed by atoms with E-state index in [4.69, 9.17) is 5.73 Å². The van der Waals surface area contributed by atoms with Crippen LogP contribution in [-0.4, -0.2) is 28.2 Å². The number of nitrogens with one attached hydrogen (secondary N) is 1. The van der Waals surface area contributed by atoms with E-state index in [1.807, 2.05) is 25.1 Å². The maximum atomic E-state index is 11.7. The second-order valence-electron chi connectivity index (χ2n) is 4.32. The second kappa shape index (κ2) is 7.16. The minimum atomic E-state index is -0.838. The highest BCUT2D eigenvalue weighted by molar-refractivity contribution is 7.84. The molecule has 1 aromatic carbocycles. The number of anilines is 1. The Labute approximate surface area is 110 Å². The zero-order chi connectivity index (χ0) is 13.5. The van der Waals surface area contributed by atoms with Crippen LogP contribution in [0.4, 0.5) is 5.69 Å². The minimum Gasteiger partial charge on any atom is -0.398 e. The fourth-order valence-electron chi connectivity index (χ4n) is 1.51. The minimum absolute atomic E-state index is 0.0537. The average molecular weight is 268 g/mol. The Hall–Kier alpha value is -1.36. The zero-order valence-corrected chi connectivity index (χ0v) is 11.6. The molecule has 0 spiro atoms. The van der Waals surface area contributed by atoms with Gasteiger partial charge >= 0.3 is 0 Å². The quantitative estimate of drug-likeness (QED) is 0.758. The Kier molecular flexibility index (Phi) is 5.85. The van der Waals surface area contributed by atoms with Gasteiger partial charge < -0.3 is 11.1 Å². The molecule has 1 rings (SSSR count). The van der Waals surface area contributed by atoms with Gasteiger partial charge in [0.05, 0.1) is 6.42 Å². The molecular formula is C13H20N2O2S. The number of amides is 1. The fourth-order valence-corrected chi connectivity index (χ4v) is 1.96. The van der Waals surface area contributed by atoms with E-state index in [2.05, 4.69) is 5.32 Å². The van der Waals surface area contributed by atoms with Gasteiger partial charge in [-0.15, -0.1) is 0 Å². The number of carbonyl (C=O) groups is 1. The average Bonchev–Trinajstić information content (AvgIpc) is 2.32. The number of benzene rings is 1. The van der Waals surface area contributed by atoms with Crippen molar-refractivity contribution in [3.63, 3.8) is 0 Å². The summed E-state index contributed by atoms with van der Waals surface area (Å²) in [5.41, 5.74) is 7.24. The lowest BCUT2D eigenvalue weighted by Crippen LogP contribution is -2.28. The summed E-state index contributed by atoms with van der Waals surface area (Å²) in [7, 11) is -0.838. The molecule has 2 atom stereocenters. The zero-order valence-electron chi connectivity index (χ0n) is 10.8. The monoisotopic (exact) mass is 268 g/mol. The topological polar surface area (TPSA) is 72.2 Å². The number of nitrogens with two attached hydrogens (primary N) is 1. The Morgan fingerprint density at radius 1 is 1.44 bits per heavy atom. The van der Waals surface area contributed by atoms with E-state index in [0.717, 1.165) is 12.0 Å². The normalized spacial score (nSPS) is 13.9. The molecule has 18 heavy (non-hydrogen) atoms. The molecule has 0 aromatic heterocycles. The van der Waals surface area contributed by atoms with Crippen molar-refractivity contribution in [1.82, 2.24) is 5.32 Å². The van der Waals surface area contributed by atoms with Crippen LogP contribution in [-0.2, 0) is 22.0 Å². The Bertz CT molecular complexity index is 435. The summed E-state index contributed by atoms with van der Waals surface area (Å²) in [5, 5.41) is 2.92. The summed E-state index contributed by atoms with van der Waals surface area (Å²) >= 11 is 0. The maximum absolute atomic E-state index is 11.7. The largest absolute Gasteiger partial charge is 0.398 e. The number of para-hydroxylation sites is 1. The molecule has 0 heterocycles. The first-order chi connectivity index (χ1) is 8.50. The van der Waals surface area contributed by atoms with Gasteiger partial charge in [-0.1, -0.05) is 25.1 Å². The summed E-state index contributed by atoms with van der Waals surface area (Å²) < 4.78 is 11.1. The first-order valence-corrected chi connectivity index (χ1v) is 7.55. The maximum Gasteiger partial charge on any atom is 0.224 e. The van der Waals surface area contributed by atoms with Crippen LogP contribution in [0.15, 0.2) is 24.3 Å². The van der Waals surface area contributed by atoms with Gasteiger partial charge in [0.25, 0.3) is 0 Å². The predicted octanol–water partition coefficient (Wildman–Crippen LogP) is 1.08. The van der Waals surface area contributed by atoms with E-state index in [-0.39, 0.29) is 17.6 Å². The van der Waals surface area contributed by atoms with Crippen LogP contribution in [0.1, 0.15) is 18.9 Å². The molecule has 0 saturated carbocycles. The summed E-state index contributed by atoms with van der Waals surface area (Å²) in [6, 6.07) is 7.33. The summed E-state index contributed by atoms with van der Waals surface area (Å²) in [5.74, 6) is -0.0537. The Morgan fingerprint density at radius 3 is 2.72 bits per heavy atom. The van der Waals surface area contributed by atoms with Crippen molar-refractivity contribution in [3.8, 4) is 0 Å². The molecule has 2 unspecified atom stereocenters. The number of rotatable bonds is 6. The van der Waals surface area contributed by atoms with Gasteiger partial charge in [-0.2, -0.15) is 0 Å². The number of hydrogen-bond donors (Lipinski definition) is 2. The Morgan fingerprint density at radius 2 is 2.11 bits per heavy atom. The molecule has 3 N–H and O–H groups in total. The summed E-state index contributed by atoms with van der Waals surface area (Å²) in [4.78, 5) is 11.7. The molecule has 1 aromatic rings. The van der Waals surface area contributed by atoms with Crippen molar-refractivity contribution in [3.05, 3.63) is 29.8 Å². The van der Waals surface area contributed by atoms with Crippen molar-refractivity contribution in [2.75, 3.05) is 18.5 Å². The van der Waals surface area contributed by atoms with Gasteiger partial charge in [-0.05, 0) is 18.1 Å². The van der Waals surface area contributed by atoms with E-state index in [0.29, 0.717) is 12.2 Å². The molecule has 0 aliphatic heterocycles. The van der Waals surface area contributed by atoms with Crippen LogP contribution in [0.3, 0.4) is 0 Å². The van der Waals surface area contributed by atoms with Gasteiger partial charge in [0, 0.05) is 34.5 Å². The third-order valence-electron chi connectivity index (χ3n) is 2.85. The molecule has 0 fully saturated rings. The fraction of sp³-hybridized carbons (Fsp3) is 0.462. The molecule has 4 nitrogen and oxygen atoms in total. The standard InChI is InChI=1S/C13H20N2O2S/c1-10(18(2)17)7-8-15-13(16)9-11-5-3-4-6-12(11)14/h3-6,10H,7-9,14H2,1-2H3,(H,15,16). The molecular weight excluding hydrogens is 248 g/mol. The van der Waals surface area contributed by atoms with Crippen LogP contribution in [0.25, 0.3) is 0 Å². The predicted molar refractivity (Wildman–Crippen MR) is 75.7 cm³/mol. The van der Waals surface area contributed by atoms with Crippen LogP contribution in [0.5, 0.6) is 0 Å². The van der Waals surface area contributed by atoms with E-state index >= 15 is 0 Å². The van der Waals surface area contributed by atoms with Gasteiger partial charge in [0.15, 0.2) is 0 Å².